The maximum absolute atomic E-state index is 13.0. The molecule has 7 heteroatoms. The Kier molecular flexibility index (Phi) is 5.08. The van der Waals surface area contributed by atoms with Crippen molar-refractivity contribution >= 4 is 46.4 Å². The summed E-state index contributed by atoms with van der Waals surface area (Å²) < 4.78 is 0. The van der Waals surface area contributed by atoms with Crippen LogP contribution in [0.3, 0.4) is 0 Å². The summed E-state index contributed by atoms with van der Waals surface area (Å²) in [7, 11) is 0. The normalized spacial score (nSPS) is 21.2. The number of benzene rings is 2. The molecule has 0 aromatic heterocycles. The number of hydrogen-bond acceptors (Lipinski definition) is 4. The fourth-order valence-electron chi connectivity index (χ4n) is 3.77. The molecule has 1 atom stereocenters. The van der Waals surface area contributed by atoms with E-state index in [0.717, 1.165) is 26.2 Å². The average Bonchev–Trinajstić information content (AvgIpc) is 2.96. The predicted molar refractivity (Wildman–Crippen MR) is 108 cm³/mol. The standard InChI is InChI=1S/C20H19Cl2N3O2/c21-14-10-15(22)12-17(11-14)25-19(26)13-18(20(25)27)24-8-6-23(7-9-24)16-4-2-1-3-5-16/h1-5,10-12,18H,6-9,13H2. The number of rotatable bonds is 3. The highest BCUT2D eigenvalue weighted by Crippen LogP contribution is 2.31. The van der Waals surface area contributed by atoms with Gasteiger partial charge in [-0.2, -0.15) is 0 Å². The first-order valence-electron chi connectivity index (χ1n) is 8.90. The van der Waals surface area contributed by atoms with Crippen LogP contribution in [0.2, 0.25) is 10.0 Å². The topological polar surface area (TPSA) is 43.9 Å². The molecule has 0 spiro atoms. The smallest absolute Gasteiger partial charge is 0.251 e. The van der Waals surface area contributed by atoms with Crippen molar-refractivity contribution < 1.29 is 9.59 Å². The van der Waals surface area contributed by atoms with E-state index >= 15 is 0 Å². The Hall–Kier alpha value is -2.08. The molecule has 0 saturated carbocycles. The fraction of sp³-hybridized carbons (Fsp3) is 0.300. The number of halogens is 2. The molecule has 2 aromatic rings. The summed E-state index contributed by atoms with van der Waals surface area (Å²) >= 11 is 12.1. The van der Waals surface area contributed by atoms with Crippen LogP contribution in [0.5, 0.6) is 0 Å². The van der Waals surface area contributed by atoms with Crippen LogP contribution in [0.25, 0.3) is 0 Å². The van der Waals surface area contributed by atoms with E-state index in [-0.39, 0.29) is 18.2 Å². The van der Waals surface area contributed by atoms with Crippen LogP contribution in [-0.2, 0) is 9.59 Å². The molecule has 0 N–H and O–H groups in total. The quantitative estimate of drug-likeness (QED) is 0.736. The Morgan fingerprint density at radius 3 is 2.07 bits per heavy atom. The van der Waals surface area contributed by atoms with Crippen molar-refractivity contribution in [2.45, 2.75) is 12.5 Å². The number of amides is 2. The van der Waals surface area contributed by atoms with Gasteiger partial charge >= 0.3 is 0 Å². The molecule has 0 radical (unpaired) electrons. The largest absolute Gasteiger partial charge is 0.369 e. The summed E-state index contributed by atoms with van der Waals surface area (Å²) in [6.07, 6.45) is 0.189. The van der Waals surface area contributed by atoms with Crippen LogP contribution < -0.4 is 9.80 Å². The number of carbonyl (C=O) groups is 2. The van der Waals surface area contributed by atoms with E-state index in [9.17, 15) is 9.59 Å². The van der Waals surface area contributed by atoms with Gasteiger partial charge in [0.15, 0.2) is 0 Å². The number of piperazine rings is 1. The minimum atomic E-state index is -0.423. The number of nitrogens with zero attached hydrogens (tertiary/aromatic N) is 3. The highest BCUT2D eigenvalue weighted by molar-refractivity contribution is 6.35. The van der Waals surface area contributed by atoms with Crippen molar-refractivity contribution in [3.05, 3.63) is 58.6 Å². The maximum atomic E-state index is 13.0. The number of carbonyl (C=O) groups excluding carboxylic acids is 2. The van der Waals surface area contributed by atoms with E-state index in [1.807, 2.05) is 18.2 Å². The van der Waals surface area contributed by atoms with Crippen LogP contribution in [0.4, 0.5) is 11.4 Å². The lowest BCUT2D eigenvalue weighted by molar-refractivity contribution is -0.123. The highest BCUT2D eigenvalue weighted by Gasteiger charge is 2.43. The fourth-order valence-corrected chi connectivity index (χ4v) is 4.29. The van der Waals surface area contributed by atoms with E-state index in [1.54, 1.807) is 18.2 Å². The van der Waals surface area contributed by atoms with Crippen molar-refractivity contribution in [1.82, 2.24) is 4.90 Å². The van der Waals surface area contributed by atoms with Gasteiger partial charge in [-0.3, -0.25) is 14.5 Å². The second-order valence-electron chi connectivity index (χ2n) is 6.77. The van der Waals surface area contributed by atoms with Crippen molar-refractivity contribution in [2.24, 2.45) is 0 Å². The van der Waals surface area contributed by atoms with E-state index < -0.39 is 6.04 Å². The van der Waals surface area contributed by atoms with E-state index in [1.165, 1.54) is 10.6 Å². The van der Waals surface area contributed by atoms with E-state index in [0.29, 0.717) is 15.7 Å². The lowest BCUT2D eigenvalue weighted by atomic mass is 10.1. The maximum Gasteiger partial charge on any atom is 0.251 e. The number of anilines is 2. The van der Waals surface area contributed by atoms with Crippen LogP contribution in [-0.4, -0.2) is 48.9 Å². The Labute approximate surface area is 168 Å². The second kappa shape index (κ2) is 7.50. The molecule has 0 bridgehead atoms. The summed E-state index contributed by atoms with van der Waals surface area (Å²) in [6, 6.07) is 14.6. The zero-order valence-corrected chi connectivity index (χ0v) is 16.2. The minimum Gasteiger partial charge on any atom is -0.369 e. The van der Waals surface area contributed by atoms with Gasteiger partial charge < -0.3 is 4.90 Å². The third-order valence-corrected chi connectivity index (χ3v) is 5.54. The molecule has 27 heavy (non-hydrogen) atoms. The summed E-state index contributed by atoms with van der Waals surface area (Å²) in [4.78, 5) is 31.1. The Morgan fingerprint density at radius 1 is 0.815 bits per heavy atom. The van der Waals surface area contributed by atoms with Gasteiger partial charge in [0.1, 0.15) is 0 Å². The van der Waals surface area contributed by atoms with E-state index in [4.69, 9.17) is 23.2 Å². The molecule has 140 valence electrons. The van der Waals surface area contributed by atoms with Gasteiger partial charge in [0.05, 0.1) is 18.2 Å². The number of hydrogen-bond donors (Lipinski definition) is 0. The molecule has 2 amide bonds. The molecule has 2 aromatic carbocycles. The first-order chi connectivity index (χ1) is 13.0. The SMILES string of the molecule is O=C1CC(N2CCN(c3ccccc3)CC2)C(=O)N1c1cc(Cl)cc(Cl)c1. The van der Waals surface area contributed by atoms with Gasteiger partial charge in [-0.15, -0.1) is 0 Å². The van der Waals surface area contributed by atoms with Crippen LogP contribution in [0.15, 0.2) is 48.5 Å². The zero-order chi connectivity index (χ0) is 19.0. The number of imide groups is 1. The van der Waals surface area contributed by atoms with E-state index in [2.05, 4.69) is 21.9 Å². The lowest BCUT2D eigenvalue weighted by Gasteiger charge is -2.38. The Morgan fingerprint density at radius 2 is 1.44 bits per heavy atom. The average molecular weight is 404 g/mol. The van der Waals surface area contributed by atoms with Gasteiger partial charge in [-0.05, 0) is 30.3 Å². The molecule has 2 heterocycles. The summed E-state index contributed by atoms with van der Waals surface area (Å²) in [5.41, 5.74) is 1.62. The van der Waals surface area contributed by atoms with Gasteiger partial charge in [0.2, 0.25) is 5.91 Å². The van der Waals surface area contributed by atoms with Crippen LogP contribution in [0, 0.1) is 0 Å². The Balaban J connectivity index is 1.46. The predicted octanol–water partition coefficient (Wildman–Crippen LogP) is 3.45. The molecule has 2 aliphatic heterocycles. The minimum absolute atomic E-state index is 0.189. The third kappa shape index (κ3) is 3.68. The molecular weight excluding hydrogens is 385 g/mol. The monoisotopic (exact) mass is 403 g/mol. The Bertz CT molecular complexity index is 847. The molecular formula is C20H19Cl2N3O2. The molecule has 5 nitrogen and oxygen atoms in total. The first kappa shape index (κ1) is 18.3. The van der Waals surface area contributed by atoms with Crippen LogP contribution in [0.1, 0.15) is 6.42 Å². The molecule has 2 saturated heterocycles. The van der Waals surface area contributed by atoms with Crippen LogP contribution >= 0.6 is 23.2 Å². The zero-order valence-electron chi connectivity index (χ0n) is 14.6. The van der Waals surface area contributed by atoms with Gasteiger partial charge in [0, 0.05) is 41.9 Å². The third-order valence-electron chi connectivity index (χ3n) is 5.10. The van der Waals surface area contributed by atoms with Gasteiger partial charge in [-0.1, -0.05) is 41.4 Å². The molecule has 2 aliphatic rings. The second-order valence-corrected chi connectivity index (χ2v) is 7.65. The molecule has 2 fully saturated rings. The summed E-state index contributed by atoms with van der Waals surface area (Å²) in [6.45, 7) is 3.13. The summed E-state index contributed by atoms with van der Waals surface area (Å²) in [5.74, 6) is -0.416. The number of para-hydroxylation sites is 1. The van der Waals surface area contributed by atoms with Crippen molar-refractivity contribution in [1.29, 1.82) is 0 Å². The summed E-state index contributed by atoms with van der Waals surface area (Å²) in [5, 5.41) is 0.802. The lowest BCUT2D eigenvalue weighted by Crippen LogP contribution is -2.52. The van der Waals surface area contributed by atoms with Crippen molar-refractivity contribution in [3.63, 3.8) is 0 Å². The van der Waals surface area contributed by atoms with Crippen molar-refractivity contribution in [3.8, 4) is 0 Å². The molecule has 4 rings (SSSR count). The van der Waals surface area contributed by atoms with Crippen molar-refractivity contribution in [2.75, 3.05) is 36.0 Å². The molecule has 0 aliphatic carbocycles. The van der Waals surface area contributed by atoms with Gasteiger partial charge in [-0.25, -0.2) is 4.90 Å². The first-order valence-corrected chi connectivity index (χ1v) is 9.65. The van der Waals surface area contributed by atoms with Gasteiger partial charge in [0.25, 0.3) is 5.91 Å². The highest BCUT2D eigenvalue weighted by atomic mass is 35.5. The molecule has 1 unspecified atom stereocenters.